The van der Waals surface area contributed by atoms with Crippen molar-refractivity contribution in [3.05, 3.63) is 18.2 Å². The molecule has 6 heteroatoms. The molecule has 0 heterocycles. The van der Waals surface area contributed by atoms with E-state index < -0.39 is 0 Å². The summed E-state index contributed by atoms with van der Waals surface area (Å²) in [5.41, 5.74) is 1.22. The van der Waals surface area contributed by atoms with Crippen molar-refractivity contribution < 1.29 is 14.2 Å². The number of benzene rings is 1. The predicted molar refractivity (Wildman–Crippen MR) is 104 cm³/mol. The Hall–Kier alpha value is -1.95. The van der Waals surface area contributed by atoms with Crippen LogP contribution in [0, 0.1) is 5.41 Å². The molecule has 2 fully saturated rings. The minimum Gasteiger partial charge on any atom is -0.493 e. The second kappa shape index (κ2) is 8.16. The van der Waals surface area contributed by atoms with Gasteiger partial charge in [-0.1, -0.05) is 6.42 Å². The molecule has 1 aromatic carbocycles. The fourth-order valence-electron chi connectivity index (χ4n) is 4.14. The topological polar surface area (TPSA) is 64.1 Å². The van der Waals surface area contributed by atoms with Gasteiger partial charge in [0.25, 0.3) is 0 Å². The van der Waals surface area contributed by atoms with Crippen LogP contribution >= 0.6 is 0 Å². The number of nitrogens with zero attached hydrogens (tertiary/aromatic N) is 1. The molecule has 0 radical (unpaired) electrons. The number of ether oxygens (including phenoxy) is 3. The summed E-state index contributed by atoms with van der Waals surface area (Å²) >= 11 is 0. The van der Waals surface area contributed by atoms with Gasteiger partial charge in [0.05, 0.1) is 20.3 Å². The molecule has 0 amide bonds. The molecular formula is C20H31N3O3. The first-order valence-corrected chi connectivity index (χ1v) is 9.58. The molecule has 0 bridgehead atoms. The highest BCUT2D eigenvalue weighted by molar-refractivity contribution is 5.94. The van der Waals surface area contributed by atoms with Crippen LogP contribution in [0.4, 0.5) is 5.69 Å². The second-order valence-electron chi connectivity index (χ2n) is 6.98. The zero-order valence-electron chi connectivity index (χ0n) is 16.3. The third-order valence-electron chi connectivity index (χ3n) is 5.71. The van der Waals surface area contributed by atoms with Gasteiger partial charge in [-0.3, -0.25) is 4.99 Å². The van der Waals surface area contributed by atoms with E-state index in [9.17, 15) is 0 Å². The maximum atomic E-state index is 5.95. The first-order chi connectivity index (χ1) is 12.7. The molecule has 0 aliphatic heterocycles. The standard InChI is InChI=1S/C20H31N3O3/c1-5-21-19(22-14-8-9-15(24-3)16(12-14)25-4)23-17-13-18(26-6-2)20(17)10-7-11-20/h8-9,12,17-18H,5-7,10-11,13H2,1-4H3,(H2,21,22,23). The molecule has 1 spiro atoms. The van der Waals surface area contributed by atoms with E-state index in [4.69, 9.17) is 14.2 Å². The zero-order chi connectivity index (χ0) is 18.6. The summed E-state index contributed by atoms with van der Waals surface area (Å²) in [7, 11) is 3.28. The smallest absolute Gasteiger partial charge is 0.196 e. The van der Waals surface area contributed by atoms with Crippen molar-refractivity contribution in [3.63, 3.8) is 0 Å². The molecule has 26 heavy (non-hydrogen) atoms. The lowest BCUT2D eigenvalue weighted by atomic mass is 9.51. The zero-order valence-corrected chi connectivity index (χ0v) is 16.3. The molecule has 2 saturated carbocycles. The van der Waals surface area contributed by atoms with Crippen LogP contribution in [0.1, 0.15) is 39.5 Å². The number of guanidine groups is 1. The molecule has 2 atom stereocenters. The molecule has 3 rings (SSSR count). The summed E-state index contributed by atoms with van der Waals surface area (Å²) in [5.74, 6) is 2.22. The predicted octanol–water partition coefficient (Wildman–Crippen LogP) is 3.43. The minimum absolute atomic E-state index is 0.295. The summed E-state index contributed by atoms with van der Waals surface area (Å²) in [6.45, 7) is 5.63. The maximum Gasteiger partial charge on any atom is 0.196 e. The van der Waals surface area contributed by atoms with E-state index in [1.165, 1.54) is 19.3 Å². The lowest BCUT2D eigenvalue weighted by Crippen LogP contribution is -2.68. The Morgan fingerprint density at radius 1 is 1.19 bits per heavy atom. The van der Waals surface area contributed by atoms with Crippen LogP contribution in [0.5, 0.6) is 11.5 Å². The van der Waals surface area contributed by atoms with Gasteiger partial charge >= 0.3 is 0 Å². The van der Waals surface area contributed by atoms with Crippen LogP contribution in [0.2, 0.25) is 0 Å². The quantitative estimate of drug-likeness (QED) is 0.575. The van der Waals surface area contributed by atoms with Crippen molar-refractivity contribution in [1.29, 1.82) is 0 Å². The van der Waals surface area contributed by atoms with Gasteiger partial charge in [-0.25, -0.2) is 0 Å². The average Bonchev–Trinajstić information content (AvgIpc) is 2.59. The van der Waals surface area contributed by atoms with E-state index in [2.05, 4.69) is 22.5 Å². The summed E-state index contributed by atoms with van der Waals surface area (Å²) in [6, 6.07) is 6.21. The highest BCUT2D eigenvalue weighted by Gasteiger charge is 2.59. The summed E-state index contributed by atoms with van der Waals surface area (Å²) in [4.78, 5) is 4.62. The Labute approximate surface area is 156 Å². The van der Waals surface area contributed by atoms with Crippen LogP contribution in [0.15, 0.2) is 23.2 Å². The number of rotatable bonds is 7. The highest BCUT2D eigenvalue weighted by Crippen LogP contribution is 2.57. The van der Waals surface area contributed by atoms with Gasteiger partial charge < -0.3 is 24.8 Å². The van der Waals surface area contributed by atoms with E-state index in [1.54, 1.807) is 14.2 Å². The number of nitrogens with one attached hydrogen (secondary N) is 2. The minimum atomic E-state index is 0.295. The van der Waals surface area contributed by atoms with E-state index in [0.29, 0.717) is 29.1 Å². The van der Waals surface area contributed by atoms with Crippen molar-refractivity contribution in [1.82, 2.24) is 5.32 Å². The number of hydrogen-bond donors (Lipinski definition) is 2. The molecule has 2 N–H and O–H groups in total. The number of anilines is 1. The Kier molecular flexibility index (Phi) is 5.91. The molecule has 144 valence electrons. The lowest BCUT2D eigenvalue weighted by molar-refractivity contribution is -0.168. The van der Waals surface area contributed by atoms with Crippen LogP contribution in [-0.2, 0) is 4.74 Å². The molecule has 2 unspecified atom stereocenters. The third-order valence-corrected chi connectivity index (χ3v) is 5.71. The molecule has 2 aliphatic rings. The van der Waals surface area contributed by atoms with Gasteiger partial charge in [-0.05, 0) is 45.2 Å². The van der Waals surface area contributed by atoms with Crippen molar-refractivity contribution in [2.45, 2.75) is 51.7 Å². The van der Waals surface area contributed by atoms with Gasteiger partial charge in [0.2, 0.25) is 0 Å². The first kappa shape index (κ1) is 18.8. The van der Waals surface area contributed by atoms with Crippen LogP contribution in [-0.4, -0.2) is 45.5 Å². The number of hydrogen-bond acceptors (Lipinski definition) is 4. The molecule has 0 saturated heterocycles. The maximum absolute atomic E-state index is 5.95. The van der Waals surface area contributed by atoms with E-state index in [1.807, 2.05) is 25.1 Å². The summed E-state index contributed by atoms with van der Waals surface area (Å²) < 4.78 is 16.6. The Morgan fingerprint density at radius 3 is 2.54 bits per heavy atom. The summed E-state index contributed by atoms with van der Waals surface area (Å²) in [6.07, 6.45) is 5.22. The molecule has 6 nitrogen and oxygen atoms in total. The molecule has 1 aromatic rings. The fourth-order valence-corrected chi connectivity index (χ4v) is 4.14. The lowest BCUT2D eigenvalue weighted by Gasteiger charge is -2.61. The average molecular weight is 361 g/mol. The molecule has 2 aliphatic carbocycles. The van der Waals surface area contributed by atoms with Crippen molar-refractivity contribution in [2.75, 3.05) is 32.7 Å². The van der Waals surface area contributed by atoms with E-state index in [-0.39, 0.29) is 0 Å². The van der Waals surface area contributed by atoms with E-state index >= 15 is 0 Å². The summed E-state index contributed by atoms with van der Waals surface area (Å²) in [5, 5.41) is 7.04. The molecule has 0 aromatic heterocycles. The normalized spacial score (nSPS) is 23.8. The largest absolute Gasteiger partial charge is 0.493 e. The van der Waals surface area contributed by atoms with Gasteiger partial charge in [0.15, 0.2) is 17.5 Å². The van der Waals surface area contributed by atoms with E-state index in [0.717, 1.165) is 31.2 Å². The van der Waals surface area contributed by atoms with Gasteiger partial charge in [0, 0.05) is 36.4 Å². The Morgan fingerprint density at radius 2 is 1.96 bits per heavy atom. The first-order valence-electron chi connectivity index (χ1n) is 9.58. The third kappa shape index (κ3) is 3.47. The van der Waals surface area contributed by atoms with Crippen LogP contribution in [0.3, 0.4) is 0 Å². The van der Waals surface area contributed by atoms with Crippen molar-refractivity contribution in [3.8, 4) is 11.5 Å². The van der Waals surface area contributed by atoms with Crippen LogP contribution in [0.25, 0.3) is 0 Å². The molecular weight excluding hydrogens is 330 g/mol. The van der Waals surface area contributed by atoms with Gasteiger partial charge in [-0.2, -0.15) is 0 Å². The van der Waals surface area contributed by atoms with Gasteiger partial charge in [-0.15, -0.1) is 0 Å². The van der Waals surface area contributed by atoms with Crippen LogP contribution < -0.4 is 20.1 Å². The van der Waals surface area contributed by atoms with Crippen molar-refractivity contribution >= 4 is 11.6 Å². The number of methoxy groups -OCH3 is 2. The monoisotopic (exact) mass is 361 g/mol. The Balaban J connectivity index is 1.68. The Bertz CT molecular complexity index is 643. The van der Waals surface area contributed by atoms with Gasteiger partial charge in [0.1, 0.15) is 0 Å². The SMILES string of the molecule is CCN=C(Nc1ccc(OC)c(OC)c1)NC1CC(OCC)C12CCC2. The highest BCUT2D eigenvalue weighted by atomic mass is 16.5. The van der Waals surface area contributed by atoms with Crippen molar-refractivity contribution in [2.24, 2.45) is 10.4 Å². The fraction of sp³-hybridized carbons (Fsp3) is 0.650. The second-order valence-corrected chi connectivity index (χ2v) is 6.98. The number of aliphatic imine (C=N–C) groups is 1.